The van der Waals surface area contributed by atoms with Gasteiger partial charge in [-0.05, 0) is 5.92 Å². The molecule has 2 saturated heterocycles. The van der Waals surface area contributed by atoms with Crippen molar-refractivity contribution in [2.75, 3.05) is 32.8 Å². The molecule has 1 N–H and O–H groups in total. The van der Waals surface area contributed by atoms with Gasteiger partial charge in [-0.2, -0.15) is 0 Å². The molecule has 0 spiro atoms. The van der Waals surface area contributed by atoms with Crippen LogP contribution in [0.3, 0.4) is 0 Å². The largest absolute Gasteiger partial charge is 0.378 e. The van der Waals surface area contributed by atoms with Gasteiger partial charge in [0, 0.05) is 31.7 Å². The zero-order chi connectivity index (χ0) is 9.26. The highest BCUT2D eigenvalue weighted by molar-refractivity contribution is 4.90. The summed E-state index contributed by atoms with van der Waals surface area (Å²) in [6, 6.07) is 1.24. The van der Waals surface area contributed by atoms with E-state index in [2.05, 4.69) is 24.1 Å². The predicted molar refractivity (Wildman–Crippen MR) is 52.8 cm³/mol. The van der Waals surface area contributed by atoms with Crippen molar-refractivity contribution in [1.29, 1.82) is 0 Å². The topological polar surface area (TPSA) is 24.5 Å². The molecule has 2 fully saturated rings. The van der Waals surface area contributed by atoms with Gasteiger partial charge in [0.2, 0.25) is 0 Å². The van der Waals surface area contributed by atoms with Crippen LogP contribution in [0.2, 0.25) is 0 Å². The average molecular weight is 184 g/mol. The first kappa shape index (κ1) is 9.44. The molecule has 0 aromatic carbocycles. The monoisotopic (exact) mass is 184 g/mol. The summed E-state index contributed by atoms with van der Waals surface area (Å²) in [4.78, 5) is 2.63. The minimum atomic E-state index is 0.620. The summed E-state index contributed by atoms with van der Waals surface area (Å²) >= 11 is 0. The van der Waals surface area contributed by atoms with E-state index in [1.807, 2.05) is 0 Å². The van der Waals surface area contributed by atoms with Crippen LogP contribution in [-0.4, -0.2) is 49.8 Å². The molecule has 0 radical (unpaired) electrons. The van der Waals surface area contributed by atoms with E-state index in [1.165, 1.54) is 6.54 Å². The molecule has 2 aliphatic heterocycles. The quantitative estimate of drug-likeness (QED) is 0.668. The predicted octanol–water partition coefficient (Wildman–Crippen LogP) is 0.315. The minimum absolute atomic E-state index is 0.620. The fraction of sp³-hybridized carbons (Fsp3) is 1.00. The smallest absolute Gasteiger partial charge is 0.0635 e. The molecular weight excluding hydrogens is 164 g/mol. The average Bonchev–Trinajstić information content (AvgIpc) is 2.02. The number of rotatable bonds is 2. The van der Waals surface area contributed by atoms with Crippen LogP contribution < -0.4 is 5.32 Å². The Hall–Kier alpha value is -0.120. The SMILES string of the molecule is CC(C)CN1C2CNCC1COC2. The molecule has 76 valence electrons. The van der Waals surface area contributed by atoms with Crippen molar-refractivity contribution in [3.63, 3.8) is 0 Å². The van der Waals surface area contributed by atoms with Crippen LogP contribution >= 0.6 is 0 Å². The highest BCUT2D eigenvalue weighted by Crippen LogP contribution is 2.17. The van der Waals surface area contributed by atoms with Crippen LogP contribution in [0.5, 0.6) is 0 Å². The Morgan fingerprint density at radius 3 is 2.46 bits per heavy atom. The Kier molecular flexibility index (Phi) is 2.86. The third-order valence-corrected chi connectivity index (χ3v) is 2.89. The van der Waals surface area contributed by atoms with Gasteiger partial charge in [0.25, 0.3) is 0 Å². The fourth-order valence-electron chi connectivity index (χ4n) is 2.32. The number of morpholine rings is 1. The molecule has 2 rings (SSSR count). The highest BCUT2D eigenvalue weighted by atomic mass is 16.5. The summed E-state index contributed by atoms with van der Waals surface area (Å²) in [7, 11) is 0. The van der Waals surface area contributed by atoms with Crippen LogP contribution in [0.25, 0.3) is 0 Å². The lowest BCUT2D eigenvalue weighted by Gasteiger charge is -2.46. The summed E-state index contributed by atoms with van der Waals surface area (Å²) in [6.45, 7) is 9.83. The van der Waals surface area contributed by atoms with Gasteiger partial charge in [0.15, 0.2) is 0 Å². The van der Waals surface area contributed by atoms with E-state index in [9.17, 15) is 0 Å². The van der Waals surface area contributed by atoms with Gasteiger partial charge in [0.1, 0.15) is 0 Å². The number of nitrogens with one attached hydrogen (secondary N) is 1. The van der Waals surface area contributed by atoms with Crippen molar-refractivity contribution in [3.05, 3.63) is 0 Å². The molecule has 3 heteroatoms. The van der Waals surface area contributed by atoms with E-state index in [4.69, 9.17) is 4.74 Å². The second kappa shape index (κ2) is 3.95. The van der Waals surface area contributed by atoms with E-state index in [-0.39, 0.29) is 0 Å². The Bertz CT molecular complexity index is 150. The van der Waals surface area contributed by atoms with Crippen LogP contribution in [0, 0.1) is 5.92 Å². The summed E-state index contributed by atoms with van der Waals surface area (Å²) in [5.41, 5.74) is 0. The van der Waals surface area contributed by atoms with Gasteiger partial charge in [0.05, 0.1) is 13.2 Å². The molecule has 0 amide bonds. The van der Waals surface area contributed by atoms with E-state index in [1.54, 1.807) is 0 Å². The first-order valence-corrected chi connectivity index (χ1v) is 5.31. The van der Waals surface area contributed by atoms with E-state index in [0.717, 1.165) is 32.2 Å². The van der Waals surface area contributed by atoms with E-state index >= 15 is 0 Å². The third-order valence-electron chi connectivity index (χ3n) is 2.89. The molecule has 2 unspecified atom stereocenters. The molecule has 13 heavy (non-hydrogen) atoms. The van der Waals surface area contributed by atoms with E-state index in [0.29, 0.717) is 12.1 Å². The molecule has 2 atom stereocenters. The van der Waals surface area contributed by atoms with Crippen molar-refractivity contribution in [3.8, 4) is 0 Å². The number of hydrogen-bond donors (Lipinski definition) is 1. The van der Waals surface area contributed by atoms with E-state index < -0.39 is 0 Å². The Morgan fingerprint density at radius 2 is 1.92 bits per heavy atom. The minimum Gasteiger partial charge on any atom is -0.378 e. The maximum absolute atomic E-state index is 5.57. The van der Waals surface area contributed by atoms with Gasteiger partial charge < -0.3 is 10.1 Å². The second-order valence-electron chi connectivity index (χ2n) is 4.59. The zero-order valence-corrected chi connectivity index (χ0v) is 8.62. The molecular formula is C10H20N2O. The van der Waals surface area contributed by atoms with Crippen molar-refractivity contribution in [2.45, 2.75) is 25.9 Å². The molecule has 3 nitrogen and oxygen atoms in total. The first-order chi connectivity index (χ1) is 6.27. The molecule has 0 saturated carbocycles. The van der Waals surface area contributed by atoms with Gasteiger partial charge in [-0.15, -0.1) is 0 Å². The van der Waals surface area contributed by atoms with Gasteiger partial charge >= 0.3 is 0 Å². The summed E-state index contributed by atoms with van der Waals surface area (Å²) in [5.74, 6) is 0.765. The second-order valence-corrected chi connectivity index (χ2v) is 4.59. The highest BCUT2D eigenvalue weighted by Gasteiger charge is 2.34. The molecule has 2 aliphatic rings. The van der Waals surface area contributed by atoms with Gasteiger partial charge in [-0.3, -0.25) is 4.90 Å². The molecule has 2 heterocycles. The van der Waals surface area contributed by atoms with Gasteiger partial charge in [-0.1, -0.05) is 13.8 Å². The third kappa shape index (κ3) is 2.03. The maximum atomic E-state index is 5.57. The summed E-state index contributed by atoms with van der Waals surface area (Å²) in [6.07, 6.45) is 0. The lowest BCUT2D eigenvalue weighted by atomic mass is 10.0. The number of nitrogens with zero attached hydrogens (tertiary/aromatic N) is 1. The van der Waals surface area contributed by atoms with Crippen molar-refractivity contribution in [1.82, 2.24) is 10.2 Å². The first-order valence-electron chi connectivity index (χ1n) is 5.31. The van der Waals surface area contributed by atoms with Crippen LogP contribution in [-0.2, 0) is 4.74 Å². The van der Waals surface area contributed by atoms with Crippen LogP contribution in [0.4, 0.5) is 0 Å². The molecule has 0 aliphatic carbocycles. The van der Waals surface area contributed by atoms with Crippen molar-refractivity contribution >= 4 is 0 Å². The summed E-state index contributed by atoms with van der Waals surface area (Å²) < 4.78 is 5.57. The van der Waals surface area contributed by atoms with Crippen LogP contribution in [0.15, 0.2) is 0 Å². The molecule has 2 bridgehead atoms. The Balaban J connectivity index is 1.98. The standard InChI is InChI=1S/C10H20N2O/c1-8(2)5-12-9-3-11-4-10(12)7-13-6-9/h8-11H,3-7H2,1-2H3. The Labute approximate surface area is 80.4 Å². The number of piperazine rings is 1. The molecule has 0 aromatic heterocycles. The van der Waals surface area contributed by atoms with Crippen molar-refractivity contribution in [2.24, 2.45) is 5.92 Å². The fourth-order valence-corrected chi connectivity index (χ4v) is 2.32. The summed E-state index contributed by atoms with van der Waals surface area (Å²) in [5, 5.41) is 3.47. The lowest BCUT2D eigenvalue weighted by Crippen LogP contribution is -2.64. The van der Waals surface area contributed by atoms with Gasteiger partial charge in [-0.25, -0.2) is 0 Å². The number of ether oxygens (including phenoxy) is 1. The normalized spacial score (nSPS) is 35.3. The van der Waals surface area contributed by atoms with Crippen LogP contribution in [0.1, 0.15) is 13.8 Å². The lowest BCUT2D eigenvalue weighted by molar-refractivity contribution is -0.0688. The zero-order valence-electron chi connectivity index (χ0n) is 8.62. The molecule has 0 aromatic rings. The number of hydrogen-bond acceptors (Lipinski definition) is 3. The maximum Gasteiger partial charge on any atom is 0.0635 e. The Morgan fingerprint density at radius 1 is 1.31 bits per heavy atom. The number of fused-ring (bicyclic) bond motifs is 2. The van der Waals surface area contributed by atoms with Crippen molar-refractivity contribution < 1.29 is 4.74 Å².